The number of methoxy groups -OCH3 is 2. The van der Waals surface area contributed by atoms with Gasteiger partial charge in [0.2, 0.25) is 0 Å². The van der Waals surface area contributed by atoms with E-state index >= 15 is 0 Å². The molecule has 4 aromatic carbocycles. The Bertz CT molecular complexity index is 1580. The fraction of sp³-hybridized carbons (Fsp3) is 0.250. The molecular weight excluding hydrogens is 488 g/mol. The summed E-state index contributed by atoms with van der Waals surface area (Å²) in [6.07, 6.45) is 3.93. The van der Waals surface area contributed by atoms with Crippen LogP contribution < -0.4 is 14.2 Å². The zero-order valence-corrected chi connectivity index (χ0v) is 22.3. The first-order valence-corrected chi connectivity index (χ1v) is 13.3. The molecule has 0 amide bonds. The number of hydrogen-bond donors (Lipinski definition) is 0. The lowest BCUT2D eigenvalue weighted by atomic mass is 9.98. The van der Waals surface area contributed by atoms with Crippen LogP contribution in [-0.4, -0.2) is 47.2 Å². The summed E-state index contributed by atoms with van der Waals surface area (Å²) in [6, 6.07) is 27.1. The lowest BCUT2D eigenvalue weighted by Gasteiger charge is -2.29. The smallest absolute Gasteiger partial charge is 0.161 e. The highest BCUT2D eigenvalue weighted by Crippen LogP contribution is 2.33. The van der Waals surface area contributed by atoms with Crippen molar-refractivity contribution in [2.24, 2.45) is 0 Å². The van der Waals surface area contributed by atoms with E-state index in [4.69, 9.17) is 14.2 Å². The van der Waals surface area contributed by atoms with Crippen LogP contribution >= 0.6 is 0 Å². The highest BCUT2D eigenvalue weighted by molar-refractivity contribution is 5.83. The van der Waals surface area contributed by atoms with Crippen LogP contribution in [0, 0.1) is 0 Å². The van der Waals surface area contributed by atoms with Crippen LogP contribution in [0.25, 0.3) is 16.5 Å². The second-order valence-corrected chi connectivity index (χ2v) is 9.87. The Labute approximate surface area is 228 Å². The summed E-state index contributed by atoms with van der Waals surface area (Å²) >= 11 is 0. The monoisotopic (exact) mass is 520 g/mol. The van der Waals surface area contributed by atoms with Gasteiger partial charge in [-0.25, -0.2) is 4.68 Å². The number of rotatable bonds is 9. The summed E-state index contributed by atoms with van der Waals surface area (Å²) in [5, 5.41) is 11.0. The maximum atomic E-state index is 5.97. The van der Waals surface area contributed by atoms with Gasteiger partial charge in [-0.05, 0) is 76.7 Å². The Morgan fingerprint density at radius 3 is 2.38 bits per heavy atom. The fourth-order valence-electron chi connectivity index (χ4n) is 5.14. The van der Waals surface area contributed by atoms with Gasteiger partial charge in [0, 0.05) is 19.6 Å². The van der Waals surface area contributed by atoms with E-state index in [0.29, 0.717) is 6.61 Å². The number of fused-ring (bicyclic) bond motifs is 2. The third-order valence-electron chi connectivity index (χ3n) is 7.36. The molecule has 5 aromatic rings. The Morgan fingerprint density at radius 2 is 1.59 bits per heavy atom. The molecular formula is C32H32N4O3. The second kappa shape index (κ2) is 11.2. The van der Waals surface area contributed by atoms with Crippen molar-refractivity contribution in [2.75, 3.05) is 27.3 Å². The quantitative estimate of drug-likeness (QED) is 0.252. The van der Waals surface area contributed by atoms with E-state index in [1.54, 1.807) is 18.9 Å². The highest BCUT2D eigenvalue weighted by atomic mass is 16.5. The minimum atomic E-state index is 0.369. The van der Waals surface area contributed by atoms with Crippen molar-refractivity contribution >= 4 is 10.8 Å². The maximum Gasteiger partial charge on any atom is 0.161 e. The molecule has 198 valence electrons. The molecule has 0 spiro atoms. The average molecular weight is 521 g/mol. The number of benzene rings is 4. The van der Waals surface area contributed by atoms with Gasteiger partial charge in [-0.2, -0.15) is 0 Å². The molecule has 0 saturated heterocycles. The first kappa shape index (κ1) is 24.9. The van der Waals surface area contributed by atoms with Crippen molar-refractivity contribution in [3.63, 3.8) is 0 Å². The van der Waals surface area contributed by atoms with E-state index in [1.165, 1.54) is 22.1 Å². The summed E-state index contributed by atoms with van der Waals surface area (Å²) in [6.45, 7) is 3.35. The molecule has 0 aliphatic carbocycles. The van der Waals surface area contributed by atoms with Crippen LogP contribution in [0.15, 0.2) is 85.1 Å². The Balaban J connectivity index is 1.03. The molecule has 0 saturated carbocycles. The lowest BCUT2D eigenvalue weighted by molar-refractivity contribution is 0.255. The van der Waals surface area contributed by atoms with Gasteiger partial charge < -0.3 is 14.2 Å². The van der Waals surface area contributed by atoms with Gasteiger partial charge in [0.05, 0.1) is 26.1 Å². The van der Waals surface area contributed by atoms with Crippen molar-refractivity contribution in [3.05, 3.63) is 107 Å². The maximum absolute atomic E-state index is 5.97. The van der Waals surface area contributed by atoms with Crippen LogP contribution in [-0.2, 0) is 26.0 Å². The number of ether oxygens (including phenoxy) is 3. The van der Waals surface area contributed by atoms with Crippen LogP contribution in [0.2, 0.25) is 0 Å². The lowest BCUT2D eigenvalue weighted by Crippen LogP contribution is -2.32. The molecule has 0 N–H and O–H groups in total. The predicted octanol–water partition coefficient (Wildman–Crippen LogP) is 5.62. The van der Waals surface area contributed by atoms with Crippen molar-refractivity contribution in [2.45, 2.75) is 26.0 Å². The molecule has 1 aliphatic heterocycles. The number of nitrogens with zero attached hydrogens (tertiary/aromatic N) is 4. The molecule has 1 aromatic heterocycles. The van der Waals surface area contributed by atoms with Crippen LogP contribution in [0.5, 0.6) is 17.2 Å². The molecule has 0 radical (unpaired) electrons. The van der Waals surface area contributed by atoms with E-state index in [-0.39, 0.29) is 0 Å². The first-order valence-electron chi connectivity index (χ1n) is 13.3. The minimum absolute atomic E-state index is 0.369. The van der Waals surface area contributed by atoms with E-state index < -0.39 is 0 Å². The Kier molecular flexibility index (Phi) is 7.15. The van der Waals surface area contributed by atoms with E-state index in [2.05, 4.69) is 75.9 Å². The third-order valence-corrected chi connectivity index (χ3v) is 7.36. The molecule has 1 aliphatic rings. The first-order chi connectivity index (χ1) is 19.2. The van der Waals surface area contributed by atoms with Gasteiger partial charge in [0.15, 0.2) is 11.5 Å². The second-order valence-electron chi connectivity index (χ2n) is 9.87. The molecule has 2 heterocycles. The molecule has 0 unspecified atom stereocenters. The summed E-state index contributed by atoms with van der Waals surface area (Å²) in [5.74, 6) is 2.43. The summed E-state index contributed by atoms with van der Waals surface area (Å²) < 4.78 is 18.7. The van der Waals surface area contributed by atoms with Crippen LogP contribution in [0.3, 0.4) is 0 Å². The van der Waals surface area contributed by atoms with Crippen molar-refractivity contribution in [3.8, 4) is 22.9 Å². The summed E-state index contributed by atoms with van der Waals surface area (Å²) in [4.78, 5) is 2.50. The molecule has 0 fully saturated rings. The summed E-state index contributed by atoms with van der Waals surface area (Å²) in [7, 11) is 3.38. The topological polar surface area (TPSA) is 61.6 Å². The molecule has 7 heteroatoms. The Hall–Kier alpha value is -4.36. The van der Waals surface area contributed by atoms with Crippen molar-refractivity contribution in [1.82, 2.24) is 19.9 Å². The van der Waals surface area contributed by atoms with Crippen LogP contribution in [0.1, 0.15) is 22.4 Å². The standard InChI is InChI=1S/C32H32N4O3/c1-37-31-18-26-14-16-35(20-27(26)19-32(31)38-2)15-13-23-7-10-29(11-8-23)36-21-28(33-34-36)22-39-30-12-9-24-5-3-4-6-25(24)17-30/h3-12,17-19,21H,13-16,20,22H2,1-2H3. The fourth-order valence-corrected chi connectivity index (χ4v) is 5.14. The zero-order valence-electron chi connectivity index (χ0n) is 22.3. The molecule has 7 nitrogen and oxygen atoms in total. The number of hydrogen-bond acceptors (Lipinski definition) is 6. The molecule has 0 bridgehead atoms. The summed E-state index contributed by atoms with van der Waals surface area (Å²) in [5.41, 5.74) is 5.74. The molecule has 39 heavy (non-hydrogen) atoms. The van der Waals surface area contributed by atoms with Crippen molar-refractivity contribution < 1.29 is 14.2 Å². The third kappa shape index (κ3) is 5.59. The number of aromatic nitrogens is 3. The van der Waals surface area contributed by atoms with E-state index in [0.717, 1.165) is 66.5 Å². The van der Waals surface area contributed by atoms with Gasteiger partial charge in [0.1, 0.15) is 18.1 Å². The van der Waals surface area contributed by atoms with Crippen molar-refractivity contribution in [1.29, 1.82) is 0 Å². The largest absolute Gasteiger partial charge is 0.493 e. The van der Waals surface area contributed by atoms with Gasteiger partial charge >= 0.3 is 0 Å². The molecule has 6 rings (SSSR count). The minimum Gasteiger partial charge on any atom is -0.493 e. The highest BCUT2D eigenvalue weighted by Gasteiger charge is 2.19. The SMILES string of the molecule is COc1cc2c(cc1OC)CN(CCc1ccc(-n3cc(COc4ccc5ccccc5c4)nn3)cc1)CC2. The van der Waals surface area contributed by atoms with Gasteiger partial charge in [-0.3, -0.25) is 4.90 Å². The van der Waals surface area contributed by atoms with Crippen LogP contribution in [0.4, 0.5) is 0 Å². The van der Waals surface area contributed by atoms with E-state index in [9.17, 15) is 0 Å². The average Bonchev–Trinajstić information content (AvgIpc) is 3.47. The Morgan fingerprint density at radius 1 is 0.821 bits per heavy atom. The van der Waals surface area contributed by atoms with E-state index in [1.807, 2.05) is 24.4 Å². The van der Waals surface area contributed by atoms with Gasteiger partial charge in [-0.1, -0.05) is 47.7 Å². The normalized spacial score (nSPS) is 13.3. The zero-order chi connectivity index (χ0) is 26.6. The van der Waals surface area contributed by atoms with Gasteiger partial charge in [-0.15, -0.1) is 5.10 Å². The van der Waals surface area contributed by atoms with Gasteiger partial charge in [0.25, 0.3) is 0 Å². The molecule has 0 atom stereocenters. The predicted molar refractivity (Wildman–Crippen MR) is 152 cm³/mol.